The fourth-order valence-corrected chi connectivity index (χ4v) is 1.60. The molecule has 2 rings (SSSR count). The van der Waals surface area contributed by atoms with Crippen LogP contribution in [0.4, 0.5) is 0 Å². The van der Waals surface area contributed by atoms with Gasteiger partial charge in [-0.1, -0.05) is 60.7 Å². The van der Waals surface area contributed by atoms with Gasteiger partial charge in [0.05, 0.1) is 0 Å². The fourth-order valence-electron chi connectivity index (χ4n) is 1.50. The Balaban J connectivity index is 0.000000200. The van der Waals surface area contributed by atoms with Gasteiger partial charge in [0.1, 0.15) is 0 Å². The summed E-state index contributed by atoms with van der Waals surface area (Å²) in [6.45, 7) is 0.640. The highest BCUT2D eigenvalue weighted by atomic mass is 35.5. The fraction of sp³-hybridized carbons (Fsp3) is 0.188. The first-order valence-corrected chi connectivity index (χ1v) is 6.56. The van der Waals surface area contributed by atoms with Gasteiger partial charge < -0.3 is 5.73 Å². The van der Waals surface area contributed by atoms with Gasteiger partial charge in [0, 0.05) is 13.0 Å². The van der Waals surface area contributed by atoms with Crippen molar-refractivity contribution < 1.29 is 4.79 Å². The first-order valence-electron chi connectivity index (χ1n) is 6.18. The number of halogens is 1. The van der Waals surface area contributed by atoms with Crippen LogP contribution in [-0.2, 0) is 17.8 Å². The smallest absolute Gasteiger partial charge is 0.221 e. The number of carbonyl (C=O) groups excluding carboxylic acids is 1. The molecule has 2 aromatic carbocycles. The average Bonchev–Trinajstić information content (AvgIpc) is 2.48. The van der Waals surface area contributed by atoms with Crippen molar-refractivity contribution >= 4 is 16.8 Å². The lowest BCUT2D eigenvalue weighted by molar-refractivity contribution is -0.111. The summed E-state index contributed by atoms with van der Waals surface area (Å²) in [6.07, 6.45) is 1.16. The lowest BCUT2D eigenvalue weighted by atomic mass is 10.1. The molecular weight excluding hydrogens is 258 g/mol. The van der Waals surface area contributed by atoms with Gasteiger partial charge in [0.2, 0.25) is 5.24 Å². The van der Waals surface area contributed by atoms with Gasteiger partial charge in [-0.05, 0) is 29.1 Å². The zero-order valence-electron chi connectivity index (χ0n) is 10.8. The average molecular weight is 276 g/mol. The Morgan fingerprint density at radius 3 is 1.74 bits per heavy atom. The van der Waals surface area contributed by atoms with Crippen LogP contribution in [0.2, 0.25) is 0 Å². The van der Waals surface area contributed by atoms with Gasteiger partial charge in [-0.15, -0.1) is 0 Å². The summed E-state index contributed by atoms with van der Waals surface area (Å²) in [4.78, 5) is 10.4. The Labute approximate surface area is 119 Å². The van der Waals surface area contributed by atoms with E-state index in [0.717, 1.165) is 12.0 Å². The molecule has 0 heterocycles. The number of hydrogen-bond acceptors (Lipinski definition) is 2. The van der Waals surface area contributed by atoms with Crippen LogP contribution in [0.25, 0.3) is 0 Å². The second kappa shape index (κ2) is 9.31. The summed E-state index contributed by atoms with van der Waals surface area (Å²) in [5.41, 5.74) is 7.69. The first kappa shape index (κ1) is 15.4. The normalized spacial score (nSPS) is 9.37. The SMILES string of the molecule is NCc1ccccc1.O=C(Cl)CCc1ccccc1. The van der Waals surface area contributed by atoms with E-state index in [2.05, 4.69) is 0 Å². The third kappa shape index (κ3) is 7.39. The molecule has 0 unspecified atom stereocenters. The van der Waals surface area contributed by atoms with Crippen molar-refractivity contribution in [3.8, 4) is 0 Å². The standard InChI is InChI=1S/C9H9ClO.C7H9N/c10-9(11)7-6-8-4-2-1-3-5-8;8-6-7-4-2-1-3-5-7/h1-5H,6-7H2;1-5H,6,8H2. The zero-order valence-corrected chi connectivity index (χ0v) is 11.5. The summed E-state index contributed by atoms with van der Waals surface area (Å²) >= 11 is 5.19. The van der Waals surface area contributed by atoms with Crippen LogP contribution in [0.15, 0.2) is 60.7 Å². The summed E-state index contributed by atoms with van der Waals surface area (Å²) in [5.74, 6) is 0. The van der Waals surface area contributed by atoms with Crippen LogP contribution in [0.5, 0.6) is 0 Å². The van der Waals surface area contributed by atoms with E-state index in [-0.39, 0.29) is 5.24 Å². The summed E-state index contributed by atoms with van der Waals surface area (Å²) < 4.78 is 0. The van der Waals surface area contributed by atoms with E-state index in [1.54, 1.807) is 0 Å². The number of aryl methyl sites for hydroxylation is 1. The molecule has 0 aliphatic carbocycles. The molecular formula is C16H18ClNO. The molecule has 2 nitrogen and oxygen atoms in total. The zero-order chi connectivity index (χ0) is 13.9. The van der Waals surface area contributed by atoms with Gasteiger partial charge in [-0.2, -0.15) is 0 Å². The first-order chi connectivity index (χ1) is 9.22. The van der Waals surface area contributed by atoms with Crippen molar-refractivity contribution in [1.82, 2.24) is 0 Å². The molecule has 0 saturated carbocycles. The van der Waals surface area contributed by atoms with Crippen LogP contribution in [-0.4, -0.2) is 5.24 Å². The largest absolute Gasteiger partial charge is 0.326 e. The van der Waals surface area contributed by atoms with Crippen LogP contribution in [0, 0.1) is 0 Å². The lowest BCUT2D eigenvalue weighted by Crippen LogP contribution is -1.94. The van der Waals surface area contributed by atoms with E-state index in [1.165, 1.54) is 5.56 Å². The van der Waals surface area contributed by atoms with Crippen molar-refractivity contribution in [2.24, 2.45) is 5.73 Å². The minimum atomic E-state index is -0.270. The summed E-state index contributed by atoms with van der Waals surface area (Å²) in [6, 6.07) is 19.8. The highest BCUT2D eigenvalue weighted by Crippen LogP contribution is 2.03. The Morgan fingerprint density at radius 1 is 0.895 bits per heavy atom. The number of rotatable bonds is 4. The molecule has 0 fully saturated rings. The Bertz CT molecular complexity index is 471. The number of nitrogens with two attached hydrogens (primary N) is 1. The Morgan fingerprint density at radius 2 is 1.37 bits per heavy atom. The molecule has 3 heteroatoms. The van der Waals surface area contributed by atoms with Gasteiger partial charge in [-0.3, -0.25) is 4.79 Å². The quantitative estimate of drug-likeness (QED) is 0.868. The van der Waals surface area contributed by atoms with Gasteiger partial charge in [-0.25, -0.2) is 0 Å². The maximum atomic E-state index is 10.4. The molecule has 0 radical (unpaired) electrons. The molecule has 19 heavy (non-hydrogen) atoms. The molecule has 0 saturated heterocycles. The van der Waals surface area contributed by atoms with Crippen LogP contribution in [0.3, 0.4) is 0 Å². The van der Waals surface area contributed by atoms with Gasteiger partial charge >= 0.3 is 0 Å². The number of carbonyl (C=O) groups is 1. The monoisotopic (exact) mass is 275 g/mol. The van der Waals surface area contributed by atoms with E-state index >= 15 is 0 Å². The third-order valence-electron chi connectivity index (χ3n) is 2.53. The minimum absolute atomic E-state index is 0.270. The lowest BCUT2D eigenvalue weighted by Gasteiger charge is -1.95. The van der Waals surface area contributed by atoms with E-state index < -0.39 is 0 Å². The van der Waals surface area contributed by atoms with Crippen molar-refractivity contribution in [3.05, 3.63) is 71.8 Å². The van der Waals surface area contributed by atoms with Crippen LogP contribution < -0.4 is 5.73 Å². The molecule has 2 N–H and O–H groups in total. The topological polar surface area (TPSA) is 43.1 Å². The molecule has 0 amide bonds. The van der Waals surface area contributed by atoms with E-state index in [1.807, 2.05) is 60.7 Å². The predicted molar refractivity (Wildman–Crippen MR) is 80.0 cm³/mol. The molecule has 100 valence electrons. The summed E-state index contributed by atoms with van der Waals surface area (Å²) in [7, 11) is 0. The Hall–Kier alpha value is -1.64. The molecule has 0 atom stereocenters. The van der Waals surface area contributed by atoms with Crippen LogP contribution >= 0.6 is 11.6 Å². The maximum Gasteiger partial charge on any atom is 0.221 e. The summed E-state index contributed by atoms with van der Waals surface area (Å²) in [5, 5.41) is -0.270. The molecule has 0 aliphatic heterocycles. The highest BCUT2D eigenvalue weighted by Gasteiger charge is 1.96. The highest BCUT2D eigenvalue weighted by molar-refractivity contribution is 6.63. The molecule has 2 aromatic rings. The van der Waals surface area contributed by atoms with Gasteiger partial charge in [0.15, 0.2) is 0 Å². The predicted octanol–water partition coefficient (Wildman–Crippen LogP) is 3.53. The Kier molecular flexibility index (Phi) is 7.56. The molecule has 0 aromatic heterocycles. The van der Waals surface area contributed by atoms with E-state index in [4.69, 9.17) is 17.3 Å². The van der Waals surface area contributed by atoms with E-state index in [9.17, 15) is 4.79 Å². The molecule has 0 bridgehead atoms. The second-order valence-corrected chi connectivity index (χ2v) is 4.45. The number of benzene rings is 2. The van der Waals surface area contributed by atoms with Crippen molar-refractivity contribution in [3.63, 3.8) is 0 Å². The van der Waals surface area contributed by atoms with Crippen molar-refractivity contribution in [2.45, 2.75) is 19.4 Å². The maximum absolute atomic E-state index is 10.4. The van der Waals surface area contributed by atoms with Crippen molar-refractivity contribution in [1.29, 1.82) is 0 Å². The second-order valence-electron chi connectivity index (χ2n) is 4.03. The van der Waals surface area contributed by atoms with Gasteiger partial charge in [0.25, 0.3) is 0 Å². The molecule has 0 aliphatic rings. The number of hydrogen-bond donors (Lipinski definition) is 1. The molecule has 0 spiro atoms. The minimum Gasteiger partial charge on any atom is -0.326 e. The van der Waals surface area contributed by atoms with Crippen molar-refractivity contribution in [2.75, 3.05) is 0 Å². The van der Waals surface area contributed by atoms with Crippen LogP contribution in [0.1, 0.15) is 17.5 Å². The van der Waals surface area contributed by atoms with E-state index in [0.29, 0.717) is 13.0 Å². The third-order valence-corrected chi connectivity index (χ3v) is 2.72.